The topological polar surface area (TPSA) is 89.9 Å². The van der Waals surface area contributed by atoms with Crippen LogP contribution in [0.5, 0.6) is 0 Å². The van der Waals surface area contributed by atoms with Crippen LogP contribution in [-0.2, 0) is 27.0 Å². The number of ether oxygens (including phenoxy) is 3. The zero-order valence-corrected chi connectivity index (χ0v) is 16.2. The van der Waals surface area contributed by atoms with Crippen LogP contribution in [0.2, 0.25) is 0 Å². The molecule has 1 aliphatic rings. The van der Waals surface area contributed by atoms with Crippen LogP contribution in [0.1, 0.15) is 50.2 Å². The van der Waals surface area contributed by atoms with Gasteiger partial charge in [-0.15, -0.1) is 0 Å². The maximum Gasteiger partial charge on any atom is 0.433 e. The van der Waals surface area contributed by atoms with Crippen LogP contribution in [0, 0.1) is 0 Å². The molecule has 0 radical (unpaired) electrons. The molecule has 0 spiro atoms. The highest BCUT2D eigenvalue weighted by molar-refractivity contribution is 5.68. The summed E-state index contributed by atoms with van der Waals surface area (Å²) in [6.45, 7) is 4.71. The van der Waals surface area contributed by atoms with Gasteiger partial charge in [-0.05, 0) is 33.3 Å². The summed E-state index contributed by atoms with van der Waals surface area (Å²) >= 11 is 0. The monoisotopic (exact) mass is 406 g/mol. The molecule has 1 aromatic heterocycles. The van der Waals surface area contributed by atoms with E-state index in [1.807, 2.05) is 0 Å². The number of carbonyl (C=O) groups is 1. The van der Waals surface area contributed by atoms with Crippen molar-refractivity contribution in [2.75, 3.05) is 13.7 Å². The van der Waals surface area contributed by atoms with Crippen molar-refractivity contribution in [3.05, 3.63) is 29.1 Å². The number of hydrogen-bond donors (Lipinski definition) is 2. The molecule has 0 aromatic carbocycles. The number of halogens is 3. The van der Waals surface area contributed by atoms with Crippen LogP contribution in [0.3, 0.4) is 0 Å². The van der Waals surface area contributed by atoms with Gasteiger partial charge in [0.1, 0.15) is 17.4 Å². The number of aliphatic hydroxyl groups is 1. The summed E-state index contributed by atoms with van der Waals surface area (Å²) in [7, 11) is 1.43. The number of alkyl halides is 3. The van der Waals surface area contributed by atoms with Gasteiger partial charge in [-0.3, -0.25) is 0 Å². The van der Waals surface area contributed by atoms with Crippen molar-refractivity contribution in [2.24, 2.45) is 0 Å². The third-order valence-corrected chi connectivity index (χ3v) is 4.13. The number of aromatic nitrogens is 1. The van der Waals surface area contributed by atoms with Crippen LogP contribution in [0.15, 0.2) is 12.1 Å². The van der Waals surface area contributed by atoms with Crippen molar-refractivity contribution in [3.8, 4) is 0 Å². The number of aliphatic hydroxyl groups excluding tert-OH is 1. The first-order valence-electron chi connectivity index (χ1n) is 8.78. The summed E-state index contributed by atoms with van der Waals surface area (Å²) in [5.74, 6) is 0. The Balaban J connectivity index is 2.38. The Morgan fingerprint density at radius 2 is 2.07 bits per heavy atom. The molecule has 2 rings (SSSR count). The summed E-state index contributed by atoms with van der Waals surface area (Å²) in [5.41, 5.74) is -1.34. The number of amides is 1. The van der Waals surface area contributed by atoms with Crippen molar-refractivity contribution in [1.29, 1.82) is 0 Å². The van der Waals surface area contributed by atoms with Gasteiger partial charge < -0.3 is 24.6 Å². The van der Waals surface area contributed by atoms with Crippen molar-refractivity contribution < 1.29 is 37.3 Å². The van der Waals surface area contributed by atoms with E-state index in [9.17, 15) is 23.1 Å². The van der Waals surface area contributed by atoms with Gasteiger partial charge in [0.05, 0.1) is 24.4 Å². The average Bonchev–Trinajstić information content (AvgIpc) is 2.57. The molecule has 7 nitrogen and oxygen atoms in total. The fourth-order valence-corrected chi connectivity index (χ4v) is 2.98. The fourth-order valence-electron chi connectivity index (χ4n) is 2.98. The summed E-state index contributed by atoms with van der Waals surface area (Å²) in [6, 6.07) is 1.28. The van der Waals surface area contributed by atoms with E-state index in [2.05, 4.69) is 10.3 Å². The molecule has 1 aliphatic heterocycles. The zero-order valence-electron chi connectivity index (χ0n) is 16.2. The SMILES string of the molecule is CO[C@H](CCO)[C@@H]1OCc2nc(C(F)(F)F)ccc2[C@@H]1NC(=O)OC(C)(C)C. The van der Waals surface area contributed by atoms with E-state index in [0.717, 1.165) is 6.07 Å². The highest BCUT2D eigenvalue weighted by Gasteiger charge is 2.40. The molecular formula is C18H25F3N2O5. The summed E-state index contributed by atoms with van der Waals surface area (Å²) in [5, 5.41) is 11.9. The first-order valence-corrected chi connectivity index (χ1v) is 8.78. The van der Waals surface area contributed by atoms with Crippen molar-refractivity contribution in [1.82, 2.24) is 10.3 Å². The Morgan fingerprint density at radius 1 is 1.39 bits per heavy atom. The second kappa shape index (κ2) is 8.62. The van der Waals surface area contributed by atoms with Gasteiger partial charge in [0, 0.05) is 19.3 Å². The molecule has 0 fully saturated rings. The third kappa shape index (κ3) is 5.55. The lowest BCUT2D eigenvalue weighted by atomic mass is 9.92. The molecular weight excluding hydrogens is 381 g/mol. The van der Waals surface area contributed by atoms with E-state index in [1.165, 1.54) is 13.2 Å². The van der Waals surface area contributed by atoms with Crippen LogP contribution >= 0.6 is 0 Å². The molecule has 2 N–H and O–H groups in total. The molecule has 3 atom stereocenters. The quantitative estimate of drug-likeness (QED) is 0.782. The van der Waals surface area contributed by atoms with Crippen molar-refractivity contribution in [3.63, 3.8) is 0 Å². The number of nitrogens with zero attached hydrogens (tertiary/aromatic N) is 1. The lowest BCUT2D eigenvalue weighted by molar-refractivity contribution is -0.142. The van der Waals surface area contributed by atoms with Crippen LogP contribution < -0.4 is 5.32 Å². The Bertz CT molecular complexity index is 691. The van der Waals surface area contributed by atoms with Gasteiger partial charge in [-0.2, -0.15) is 13.2 Å². The zero-order chi connectivity index (χ0) is 21.1. The molecule has 0 saturated carbocycles. The van der Waals surface area contributed by atoms with Gasteiger partial charge in [-0.1, -0.05) is 6.07 Å². The highest BCUT2D eigenvalue weighted by atomic mass is 19.4. The van der Waals surface area contributed by atoms with Gasteiger partial charge in [0.25, 0.3) is 0 Å². The first kappa shape index (κ1) is 22.4. The second-order valence-corrected chi connectivity index (χ2v) is 7.42. The number of pyridine rings is 1. The largest absolute Gasteiger partial charge is 0.444 e. The molecule has 158 valence electrons. The lowest BCUT2D eigenvalue weighted by Gasteiger charge is -2.37. The second-order valence-electron chi connectivity index (χ2n) is 7.42. The van der Waals surface area contributed by atoms with E-state index >= 15 is 0 Å². The Labute approximate surface area is 161 Å². The van der Waals surface area contributed by atoms with Crippen LogP contribution in [0.4, 0.5) is 18.0 Å². The van der Waals surface area contributed by atoms with Gasteiger partial charge >= 0.3 is 12.3 Å². The number of methoxy groups -OCH3 is 1. The molecule has 2 heterocycles. The van der Waals surface area contributed by atoms with Crippen molar-refractivity contribution in [2.45, 2.75) is 63.8 Å². The smallest absolute Gasteiger partial charge is 0.433 e. The average molecular weight is 406 g/mol. The molecule has 0 unspecified atom stereocenters. The van der Waals surface area contributed by atoms with E-state index < -0.39 is 41.8 Å². The van der Waals surface area contributed by atoms with E-state index in [4.69, 9.17) is 14.2 Å². The number of rotatable bonds is 5. The van der Waals surface area contributed by atoms with Gasteiger partial charge in [0.2, 0.25) is 0 Å². The number of carbonyl (C=O) groups excluding carboxylic acids is 1. The summed E-state index contributed by atoms with van der Waals surface area (Å²) in [6.07, 6.45) is -6.46. The fraction of sp³-hybridized carbons (Fsp3) is 0.667. The predicted octanol–water partition coefficient (Wildman–Crippen LogP) is 2.96. The lowest BCUT2D eigenvalue weighted by Crippen LogP contribution is -2.48. The van der Waals surface area contributed by atoms with Gasteiger partial charge in [0.15, 0.2) is 0 Å². The minimum absolute atomic E-state index is 0.0750. The van der Waals surface area contributed by atoms with Crippen LogP contribution in [-0.4, -0.2) is 47.7 Å². The maximum absolute atomic E-state index is 13.0. The molecule has 1 aromatic rings. The van der Waals surface area contributed by atoms with Gasteiger partial charge in [-0.25, -0.2) is 9.78 Å². The number of hydrogen-bond acceptors (Lipinski definition) is 6. The van der Waals surface area contributed by atoms with Crippen LogP contribution in [0.25, 0.3) is 0 Å². The molecule has 0 saturated heterocycles. The van der Waals surface area contributed by atoms with Crippen molar-refractivity contribution >= 4 is 6.09 Å². The Hall–Kier alpha value is -1.91. The molecule has 10 heteroatoms. The minimum Gasteiger partial charge on any atom is -0.444 e. The number of fused-ring (bicyclic) bond motifs is 1. The number of alkyl carbamates (subject to hydrolysis) is 1. The molecule has 28 heavy (non-hydrogen) atoms. The Morgan fingerprint density at radius 3 is 2.61 bits per heavy atom. The normalized spacial score (nSPS) is 21.0. The predicted molar refractivity (Wildman–Crippen MR) is 92.4 cm³/mol. The van der Waals surface area contributed by atoms with E-state index in [0.29, 0.717) is 5.56 Å². The van der Waals surface area contributed by atoms with E-state index in [1.54, 1.807) is 20.8 Å². The number of nitrogens with one attached hydrogen (secondary N) is 1. The maximum atomic E-state index is 13.0. The Kier molecular flexibility index (Phi) is 6.89. The first-order chi connectivity index (χ1) is 13.0. The summed E-state index contributed by atoms with van der Waals surface area (Å²) < 4.78 is 55.2. The molecule has 1 amide bonds. The standard InChI is InChI=1S/C18H25F3N2O5/c1-17(2,3)28-16(25)23-14-10-5-6-13(18(19,20)21)22-11(10)9-27-15(14)12(26-4)7-8-24/h5-6,12,14-15,24H,7-9H2,1-4H3,(H,23,25)/t12-,14+,15+/m1/s1. The minimum atomic E-state index is -4.59. The summed E-state index contributed by atoms with van der Waals surface area (Å²) in [4.78, 5) is 15.9. The molecule has 0 aliphatic carbocycles. The van der Waals surface area contributed by atoms with E-state index in [-0.39, 0.29) is 25.3 Å². The highest BCUT2D eigenvalue weighted by Crippen LogP contribution is 2.35. The molecule has 0 bridgehead atoms. The third-order valence-electron chi connectivity index (χ3n) is 4.13.